The number of nitrogens with zero attached hydrogens (tertiary/aromatic N) is 3. The maximum atomic E-state index is 12.2. The van der Waals surface area contributed by atoms with Crippen molar-refractivity contribution in [3.05, 3.63) is 47.8 Å². The molecule has 1 aromatic heterocycles. The molecule has 0 atom stereocenters. The van der Waals surface area contributed by atoms with Crippen molar-refractivity contribution < 1.29 is 14.3 Å². The van der Waals surface area contributed by atoms with E-state index in [1.807, 2.05) is 18.2 Å². The Labute approximate surface area is 175 Å². The molecule has 2 N–H and O–H groups in total. The topological polar surface area (TPSA) is 86.8 Å². The summed E-state index contributed by atoms with van der Waals surface area (Å²) < 4.78 is 5.92. The van der Waals surface area contributed by atoms with Crippen LogP contribution in [-0.4, -0.2) is 60.5 Å². The molecular weight excluding hydrogens is 382 g/mol. The fraction of sp³-hybridized carbons (Fsp3) is 0.409. The van der Waals surface area contributed by atoms with E-state index >= 15 is 0 Å². The van der Waals surface area contributed by atoms with Crippen LogP contribution in [0.5, 0.6) is 5.75 Å². The van der Waals surface area contributed by atoms with Gasteiger partial charge in [0.1, 0.15) is 11.4 Å². The summed E-state index contributed by atoms with van der Waals surface area (Å²) in [5.41, 5.74) is 2.80. The molecule has 0 radical (unpaired) electrons. The molecule has 2 fully saturated rings. The first kappa shape index (κ1) is 18.9. The Balaban J connectivity index is 1.18. The van der Waals surface area contributed by atoms with Gasteiger partial charge in [-0.1, -0.05) is 6.07 Å². The van der Waals surface area contributed by atoms with Crippen LogP contribution in [0.15, 0.2) is 36.5 Å². The molecule has 0 unspecified atom stereocenters. The molecular formula is C22H25N5O3. The van der Waals surface area contributed by atoms with Crippen LogP contribution in [0.2, 0.25) is 0 Å². The largest absolute Gasteiger partial charge is 0.475 e. The molecule has 0 bridgehead atoms. The molecule has 2 aromatic rings. The number of piperazine rings is 1. The number of carbonyl (C=O) groups is 2. The van der Waals surface area contributed by atoms with Crippen molar-refractivity contribution in [2.24, 2.45) is 0 Å². The number of rotatable bonds is 4. The molecule has 8 heteroatoms. The lowest BCUT2D eigenvalue weighted by atomic mass is 10.1. The van der Waals surface area contributed by atoms with E-state index in [9.17, 15) is 9.59 Å². The van der Waals surface area contributed by atoms with Crippen molar-refractivity contribution >= 4 is 23.2 Å². The zero-order chi connectivity index (χ0) is 20.7. The first-order valence-corrected chi connectivity index (χ1v) is 10.4. The van der Waals surface area contributed by atoms with Gasteiger partial charge in [0, 0.05) is 52.6 Å². The Kier molecular flexibility index (Phi) is 4.58. The number of hydrogen-bond acceptors (Lipinski definition) is 6. The predicted molar refractivity (Wildman–Crippen MR) is 113 cm³/mol. The molecule has 1 aromatic carbocycles. The van der Waals surface area contributed by atoms with Gasteiger partial charge in [-0.05, 0) is 29.8 Å². The average Bonchev–Trinajstić information content (AvgIpc) is 3.55. The lowest BCUT2D eigenvalue weighted by Crippen LogP contribution is -2.46. The van der Waals surface area contributed by atoms with E-state index in [1.165, 1.54) is 0 Å². The number of fused-ring (bicyclic) bond motifs is 1. The summed E-state index contributed by atoms with van der Waals surface area (Å²) in [5.74, 6) is 0.579. The van der Waals surface area contributed by atoms with Crippen molar-refractivity contribution in [1.29, 1.82) is 0 Å². The molecule has 1 saturated heterocycles. The van der Waals surface area contributed by atoms with Crippen LogP contribution in [0.4, 0.5) is 11.4 Å². The van der Waals surface area contributed by atoms with Gasteiger partial charge in [-0.15, -0.1) is 0 Å². The molecule has 5 rings (SSSR count). The first-order chi connectivity index (χ1) is 14.6. The van der Waals surface area contributed by atoms with E-state index in [0.717, 1.165) is 68.3 Å². The second kappa shape index (κ2) is 7.28. The number of pyridine rings is 1. The zero-order valence-corrected chi connectivity index (χ0v) is 17.0. The van der Waals surface area contributed by atoms with Gasteiger partial charge in [-0.3, -0.25) is 14.5 Å². The molecule has 156 valence electrons. The number of anilines is 2. The summed E-state index contributed by atoms with van der Waals surface area (Å²) in [4.78, 5) is 32.8. The van der Waals surface area contributed by atoms with Crippen LogP contribution in [0.25, 0.3) is 0 Å². The van der Waals surface area contributed by atoms with E-state index in [-0.39, 0.29) is 11.8 Å². The van der Waals surface area contributed by atoms with Gasteiger partial charge < -0.3 is 20.3 Å². The second-order valence-corrected chi connectivity index (χ2v) is 8.12. The van der Waals surface area contributed by atoms with Gasteiger partial charge in [0.05, 0.1) is 17.6 Å². The molecule has 3 aliphatic rings. The smallest absolute Gasteiger partial charge is 0.269 e. The van der Waals surface area contributed by atoms with Crippen LogP contribution in [0.3, 0.4) is 0 Å². The Morgan fingerprint density at radius 3 is 2.67 bits per heavy atom. The van der Waals surface area contributed by atoms with E-state index in [0.29, 0.717) is 5.69 Å². The first-order valence-electron chi connectivity index (χ1n) is 10.4. The summed E-state index contributed by atoms with van der Waals surface area (Å²) >= 11 is 0. The van der Waals surface area contributed by atoms with Gasteiger partial charge in [0.15, 0.2) is 5.60 Å². The maximum Gasteiger partial charge on any atom is 0.269 e. The van der Waals surface area contributed by atoms with Crippen molar-refractivity contribution in [3.63, 3.8) is 0 Å². The van der Waals surface area contributed by atoms with Crippen LogP contribution in [0.1, 0.15) is 28.9 Å². The Morgan fingerprint density at radius 2 is 2.00 bits per heavy atom. The van der Waals surface area contributed by atoms with E-state index in [1.54, 1.807) is 19.3 Å². The maximum absolute atomic E-state index is 12.2. The minimum absolute atomic E-state index is 0.0168. The summed E-state index contributed by atoms with van der Waals surface area (Å²) in [7, 11) is 1.60. The number of hydrogen-bond donors (Lipinski definition) is 2. The predicted octanol–water partition coefficient (Wildman–Crippen LogP) is 1.63. The molecule has 30 heavy (non-hydrogen) atoms. The fourth-order valence-corrected chi connectivity index (χ4v) is 4.06. The molecule has 1 spiro atoms. The third-order valence-electron chi connectivity index (χ3n) is 6.07. The highest BCUT2D eigenvalue weighted by Crippen LogP contribution is 2.46. The zero-order valence-electron chi connectivity index (χ0n) is 17.0. The van der Waals surface area contributed by atoms with E-state index in [2.05, 4.69) is 31.5 Å². The number of carbonyl (C=O) groups excluding carboxylic acids is 2. The highest BCUT2D eigenvalue weighted by Gasteiger charge is 2.55. The van der Waals surface area contributed by atoms with Crippen molar-refractivity contribution in [2.45, 2.75) is 25.0 Å². The number of nitrogens with one attached hydrogen (secondary N) is 2. The summed E-state index contributed by atoms with van der Waals surface area (Å²) in [6, 6.07) is 9.79. The minimum atomic E-state index is -0.599. The highest BCUT2D eigenvalue weighted by molar-refractivity contribution is 6.02. The van der Waals surface area contributed by atoms with Crippen LogP contribution >= 0.6 is 0 Å². The normalized spacial score (nSPS) is 19.6. The van der Waals surface area contributed by atoms with Crippen LogP contribution in [0, 0.1) is 0 Å². The molecule has 1 saturated carbocycles. The van der Waals surface area contributed by atoms with Crippen molar-refractivity contribution in [3.8, 4) is 5.75 Å². The van der Waals surface area contributed by atoms with Crippen molar-refractivity contribution in [1.82, 2.24) is 15.2 Å². The molecule has 1 aliphatic carbocycles. The van der Waals surface area contributed by atoms with Gasteiger partial charge in [0.2, 0.25) is 0 Å². The van der Waals surface area contributed by atoms with Gasteiger partial charge in [-0.2, -0.15) is 0 Å². The van der Waals surface area contributed by atoms with Crippen molar-refractivity contribution in [2.75, 3.05) is 43.4 Å². The number of ether oxygens (including phenoxy) is 1. The standard InChI is InChI=1S/C22H25N5O3/c1-23-20(28)17-4-3-16(13-24-17)27-10-8-26(9-11-27)14-15-2-5-19-18(12-15)25-21(29)22(30-19)6-7-22/h2-5,12-13H,6-11,14H2,1H3,(H,23,28)(H,25,29). The van der Waals surface area contributed by atoms with E-state index in [4.69, 9.17) is 4.74 Å². The summed E-state index contributed by atoms with van der Waals surface area (Å²) in [6.07, 6.45) is 3.36. The minimum Gasteiger partial charge on any atom is -0.475 e. The van der Waals surface area contributed by atoms with Gasteiger partial charge >= 0.3 is 0 Å². The molecule has 2 amide bonds. The van der Waals surface area contributed by atoms with E-state index < -0.39 is 5.60 Å². The quantitative estimate of drug-likeness (QED) is 0.801. The fourth-order valence-electron chi connectivity index (χ4n) is 4.06. The molecule has 8 nitrogen and oxygen atoms in total. The molecule has 2 aliphatic heterocycles. The SMILES string of the molecule is CNC(=O)c1ccc(N2CCN(Cc3ccc4c(c3)NC(=O)C3(CC3)O4)CC2)cn1. The highest BCUT2D eigenvalue weighted by atomic mass is 16.5. The Hall–Kier alpha value is -3.13. The molecule has 3 heterocycles. The summed E-state index contributed by atoms with van der Waals surface area (Å²) in [5, 5.41) is 5.59. The number of amides is 2. The third kappa shape index (κ3) is 3.47. The monoisotopic (exact) mass is 407 g/mol. The Morgan fingerprint density at radius 1 is 1.20 bits per heavy atom. The average molecular weight is 407 g/mol. The second-order valence-electron chi connectivity index (χ2n) is 8.12. The van der Waals surface area contributed by atoms with Crippen LogP contribution in [-0.2, 0) is 11.3 Å². The lowest BCUT2D eigenvalue weighted by Gasteiger charge is -2.36. The number of benzene rings is 1. The lowest BCUT2D eigenvalue weighted by molar-refractivity contribution is -0.125. The third-order valence-corrected chi connectivity index (χ3v) is 6.07. The Bertz CT molecular complexity index is 979. The van der Waals surface area contributed by atoms with Gasteiger partial charge in [0.25, 0.3) is 11.8 Å². The summed E-state index contributed by atoms with van der Waals surface area (Å²) in [6.45, 7) is 4.49. The van der Waals surface area contributed by atoms with Crippen LogP contribution < -0.4 is 20.3 Å². The van der Waals surface area contributed by atoms with Gasteiger partial charge in [-0.25, -0.2) is 4.98 Å². The number of aromatic nitrogens is 1.